The van der Waals surface area contributed by atoms with E-state index in [0.717, 1.165) is 12.8 Å². The summed E-state index contributed by atoms with van der Waals surface area (Å²) in [5.74, 6) is -0.738. The zero-order valence-corrected chi connectivity index (χ0v) is 7.87. The zero-order chi connectivity index (χ0) is 8.72. The number of hydrogen-bond acceptors (Lipinski definition) is 0. The molecule has 64 valence electrons. The van der Waals surface area contributed by atoms with Crippen molar-refractivity contribution in [1.82, 2.24) is 0 Å². The van der Waals surface area contributed by atoms with Crippen LogP contribution in [0.3, 0.4) is 0 Å². The van der Waals surface area contributed by atoms with E-state index in [0.29, 0.717) is 4.47 Å². The van der Waals surface area contributed by atoms with Gasteiger partial charge in [-0.1, -0.05) is 0 Å². The van der Waals surface area contributed by atoms with Gasteiger partial charge in [-0.25, -0.2) is 8.78 Å². The van der Waals surface area contributed by atoms with Gasteiger partial charge in [0.15, 0.2) is 0 Å². The molecule has 0 nitrogen and oxygen atoms in total. The minimum atomic E-state index is -0.433. The molecule has 1 aliphatic rings. The first-order valence-corrected chi connectivity index (χ1v) is 4.63. The molecule has 0 bridgehead atoms. The maximum absolute atomic E-state index is 13.3. The lowest BCUT2D eigenvalue weighted by Crippen LogP contribution is -1.93. The van der Waals surface area contributed by atoms with Crippen LogP contribution in [0.25, 0.3) is 0 Å². The fourth-order valence-electron chi connectivity index (χ4n) is 1.29. The summed E-state index contributed by atoms with van der Waals surface area (Å²) in [6.45, 7) is 0. The van der Waals surface area contributed by atoms with Crippen molar-refractivity contribution in [2.24, 2.45) is 0 Å². The summed E-state index contributed by atoms with van der Waals surface area (Å²) in [5.41, 5.74) is 0.254. The van der Waals surface area contributed by atoms with Crippen molar-refractivity contribution < 1.29 is 8.78 Å². The second kappa shape index (κ2) is 2.80. The SMILES string of the molecule is Fc1ccc(Br)c(F)c1C1CC1. The van der Waals surface area contributed by atoms with Gasteiger partial charge < -0.3 is 0 Å². The third-order valence-electron chi connectivity index (χ3n) is 2.07. The van der Waals surface area contributed by atoms with Crippen molar-refractivity contribution in [1.29, 1.82) is 0 Å². The van der Waals surface area contributed by atoms with Gasteiger partial charge >= 0.3 is 0 Å². The minimum Gasteiger partial charge on any atom is -0.207 e. The second-order valence-electron chi connectivity index (χ2n) is 3.03. The lowest BCUT2D eigenvalue weighted by molar-refractivity contribution is 0.553. The van der Waals surface area contributed by atoms with E-state index < -0.39 is 11.6 Å². The molecule has 1 aromatic carbocycles. The molecule has 12 heavy (non-hydrogen) atoms. The molecule has 0 amide bonds. The summed E-state index contributed by atoms with van der Waals surface area (Å²) >= 11 is 3.03. The number of halogens is 3. The standard InChI is InChI=1S/C9H7BrF2/c10-6-3-4-7(11)8(9(6)12)5-1-2-5/h3-5H,1-2H2. The molecule has 2 rings (SSSR count). The van der Waals surface area contributed by atoms with E-state index >= 15 is 0 Å². The highest BCUT2D eigenvalue weighted by Gasteiger charge is 2.30. The van der Waals surface area contributed by atoms with E-state index in [1.165, 1.54) is 12.1 Å². The molecule has 1 fully saturated rings. The predicted molar refractivity (Wildman–Crippen MR) is 46.0 cm³/mol. The van der Waals surface area contributed by atoms with Crippen molar-refractivity contribution in [2.75, 3.05) is 0 Å². The Morgan fingerprint density at radius 3 is 2.50 bits per heavy atom. The highest BCUT2D eigenvalue weighted by atomic mass is 79.9. The van der Waals surface area contributed by atoms with Crippen LogP contribution in [0, 0.1) is 11.6 Å². The van der Waals surface area contributed by atoms with E-state index in [4.69, 9.17) is 0 Å². The third kappa shape index (κ3) is 1.26. The van der Waals surface area contributed by atoms with E-state index in [2.05, 4.69) is 15.9 Å². The van der Waals surface area contributed by atoms with Crippen LogP contribution in [0.15, 0.2) is 16.6 Å². The summed E-state index contributed by atoms with van der Waals surface area (Å²) in [7, 11) is 0. The molecule has 0 N–H and O–H groups in total. The summed E-state index contributed by atoms with van der Waals surface area (Å²) in [4.78, 5) is 0. The molecule has 0 aromatic heterocycles. The van der Waals surface area contributed by atoms with E-state index in [-0.39, 0.29) is 11.5 Å². The Bertz CT molecular complexity index is 319. The third-order valence-corrected chi connectivity index (χ3v) is 2.68. The Morgan fingerprint density at radius 1 is 1.25 bits per heavy atom. The quantitative estimate of drug-likeness (QED) is 0.650. The molecular weight excluding hydrogens is 226 g/mol. The molecule has 0 spiro atoms. The first-order valence-electron chi connectivity index (χ1n) is 3.83. The molecule has 0 saturated heterocycles. The van der Waals surface area contributed by atoms with Gasteiger partial charge in [-0.2, -0.15) is 0 Å². The van der Waals surface area contributed by atoms with Crippen LogP contribution in [-0.4, -0.2) is 0 Å². The Balaban J connectivity index is 2.55. The Labute approximate surface area is 77.7 Å². The van der Waals surface area contributed by atoms with E-state index in [1.807, 2.05) is 0 Å². The van der Waals surface area contributed by atoms with Crippen LogP contribution in [0.2, 0.25) is 0 Å². The van der Waals surface area contributed by atoms with Crippen molar-refractivity contribution in [2.45, 2.75) is 18.8 Å². The summed E-state index contributed by atoms with van der Waals surface area (Å²) in [6.07, 6.45) is 1.81. The van der Waals surface area contributed by atoms with Gasteiger partial charge in [0.05, 0.1) is 4.47 Å². The number of rotatable bonds is 1. The fraction of sp³-hybridized carbons (Fsp3) is 0.333. The van der Waals surface area contributed by atoms with E-state index in [9.17, 15) is 8.78 Å². The maximum atomic E-state index is 13.3. The molecule has 3 heteroatoms. The Hall–Kier alpha value is -0.440. The Kier molecular flexibility index (Phi) is 1.91. The number of benzene rings is 1. The van der Waals surface area contributed by atoms with Crippen LogP contribution in [-0.2, 0) is 0 Å². The van der Waals surface area contributed by atoms with Crippen molar-refractivity contribution in [3.63, 3.8) is 0 Å². The van der Waals surface area contributed by atoms with Crippen molar-refractivity contribution in [3.05, 3.63) is 33.8 Å². The van der Waals surface area contributed by atoms with E-state index in [1.54, 1.807) is 0 Å². The average Bonchev–Trinajstić information content (AvgIpc) is 2.81. The minimum absolute atomic E-state index is 0.113. The first-order chi connectivity index (χ1) is 5.70. The molecule has 0 heterocycles. The number of hydrogen-bond donors (Lipinski definition) is 0. The van der Waals surface area contributed by atoms with Gasteiger partial charge in [-0.05, 0) is 46.8 Å². The fourth-order valence-corrected chi connectivity index (χ4v) is 1.63. The molecule has 0 aliphatic heterocycles. The van der Waals surface area contributed by atoms with Crippen molar-refractivity contribution >= 4 is 15.9 Å². The molecule has 1 saturated carbocycles. The monoisotopic (exact) mass is 232 g/mol. The van der Waals surface area contributed by atoms with Crippen LogP contribution in [0.4, 0.5) is 8.78 Å². The highest BCUT2D eigenvalue weighted by molar-refractivity contribution is 9.10. The molecule has 1 aromatic rings. The van der Waals surface area contributed by atoms with Gasteiger partial charge in [-0.3, -0.25) is 0 Å². The first kappa shape index (κ1) is 8.17. The van der Waals surface area contributed by atoms with Gasteiger partial charge in [0.25, 0.3) is 0 Å². The largest absolute Gasteiger partial charge is 0.207 e. The maximum Gasteiger partial charge on any atom is 0.143 e. The molecule has 1 aliphatic carbocycles. The lowest BCUT2D eigenvalue weighted by Gasteiger charge is -2.03. The average molecular weight is 233 g/mol. The van der Waals surface area contributed by atoms with Crippen LogP contribution in [0.5, 0.6) is 0 Å². The molecular formula is C9H7BrF2. The summed E-state index contributed by atoms with van der Waals surface area (Å²) in [6, 6.07) is 2.71. The summed E-state index contributed by atoms with van der Waals surface area (Å²) in [5, 5.41) is 0. The highest BCUT2D eigenvalue weighted by Crippen LogP contribution is 2.43. The van der Waals surface area contributed by atoms with Gasteiger partial charge in [0.2, 0.25) is 0 Å². The smallest absolute Gasteiger partial charge is 0.143 e. The predicted octanol–water partition coefficient (Wildman–Crippen LogP) is 3.60. The lowest BCUT2D eigenvalue weighted by atomic mass is 10.1. The summed E-state index contributed by atoms with van der Waals surface area (Å²) < 4.78 is 26.7. The van der Waals surface area contributed by atoms with Gasteiger partial charge in [-0.15, -0.1) is 0 Å². The molecule has 0 radical (unpaired) electrons. The molecule has 0 unspecified atom stereocenters. The molecule has 0 atom stereocenters. The van der Waals surface area contributed by atoms with Crippen molar-refractivity contribution in [3.8, 4) is 0 Å². The zero-order valence-electron chi connectivity index (χ0n) is 6.28. The topological polar surface area (TPSA) is 0 Å². The van der Waals surface area contributed by atoms with Crippen LogP contribution >= 0.6 is 15.9 Å². The second-order valence-corrected chi connectivity index (χ2v) is 3.89. The Morgan fingerprint density at radius 2 is 1.92 bits per heavy atom. The van der Waals surface area contributed by atoms with Gasteiger partial charge in [0, 0.05) is 5.56 Å². The van der Waals surface area contributed by atoms with Crippen LogP contribution < -0.4 is 0 Å². The van der Waals surface area contributed by atoms with Crippen LogP contribution in [0.1, 0.15) is 24.3 Å². The normalized spacial score (nSPS) is 16.6. The van der Waals surface area contributed by atoms with Gasteiger partial charge in [0.1, 0.15) is 11.6 Å².